The summed E-state index contributed by atoms with van der Waals surface area (Å²) in [5.41, 5.74) is 0. The summed E-state index contributed by atoms with van der Waals surface area (Å²) in [5.74, 6) is 0.103. The molecule has 0 spiro atoms. The van der Waals surface area contributed by atoms with Gasteiger partial charge in [-0.15, -0.1) is 11.3 Å². The van der Waals surface area contributed by atoms with Gasteiger partial charge in [-0.05, 0) is 25.3 Å². The van der Waals surface area contributed by atoms with Crippen molar-refractivity contribution in [3.63, 3.8) is 0 Å². The van der Waals surface area contributed by atoms with Crippen molar-refractivity contribution in [3.05, 3.63) is 23.4 Å². The van der Waals surface area contributed by atoms with E-state index in [4.69, 9.17) is 4.52 Å². The fourth-order valence-corrected chi connectivity index (χ4v) is 1.79. The Balaban J connectivity index is 2.17. The van der Waals surface area contributed by atoms with Gasteiger partial charge in [-0.3, -0.25) is 4.79 Å². The predicted molar refractivity (Wildman–Crippen MR) is 60.2 cm³/mol. The molecule has 6 heteroatoms. The molecule has 16 heavy (non-hydrogen) atoms. The fraction of sp³-hybridized carbons (Fsp3) is 0.300. The number of nitrogens with zero attached hydrogens (tertiary/aromatic N) is 2. The lowest BCUT2D eigenvalue weighted by Crippen LogP contribution is -2.30. The number of hydrogen-bond acceptors (Lipinski definition) is 5. The monoisotopic (exact) mass is 237 g/mol. The van der Waals surface area contributed by atoms with E-state index in [9.17, 15) is 4.79 Å². The SMILES string of the molecule is CC(C)NC(=O)c1nc(-c2cccs2)no1. The fourth-order valence-electron chi connectivity index (χ4n) is 1.15. The molecule has 0 atom stereocenters. The van der Waals surface area contributed by atoms with Crippen LogP contribution in [0.2, 0.25) is 0 Å². The maximum atomic E-state index is 11.5. The van der Waals surface area contributed by atoms with Gasteiger partial charge in [0.2, 0.25) is 5.82 Å². The van der Waals surface area contributed by atoms with Gasteiger partial charge in [-0.1, -0.05) is 11.2 Å². The number of thiophene rings is 1. The molecule has 0 saturated carbocycles. The van der Waals surface area contributed by atoms with Crippen LogP contribution in [-0.4, -0.2) is 22.1 Å². The lowest BCUT2D eigenvalue weighted by atomic mass is 10.4. The van der Waals surface area contributed by atoms with Crippen LogP contribution in [0.4, 0.5) is 0 Å². The van der Waals surface area contributed by atoms with Crippen LogP contribution in [0.15, 0.2) is 22.0 Å². The van der Waals surface area contributed by atoms with E-state index in [1.54, 1.807) is 0 Å². The summed E-state index contributed by atoms with van der Waals surface area (Å²) in [6, 6.07) is 3.81. The van der Waals surface area contributed by atoms with E-state index >= 15 is 0 Å². The summed E-state index contributed by atoms with van der Waals surface area (Å²) in [5, 5.41) is 8.35. The summed E-state index contributed by atoms with van der Waals surface area (Å²) in [7, 11) is 0. The lowest BCUT2D eigenvalue weighted by molar-refractivity contribution is 0.0899. The van der Waals surface area contributed by atoms with Crippen LogP contribution in [0.1, 0.15) is 24.5 Å². The molecule has 0 radical (unpaired) electrons. The molecule has 1 amide bonds. The number of carbonyl (C=O) groups excluding carboxylic acids is 1. The van der Waals surface area contributed by atoms with Crippen LogP contribution in [0.3, 0.4) is 0 Å². The van der Waals surface area contributed by atoms with Crippen LogP contribution in [0, 0.1) is 0 Å². The Kier molecular flexibility index (Phi) is 3.00. The van der Waals surface area contributed by atoms with E-state index in [-0.39, 0.29) is 17.8 Å². The topological polar surface area (TPSA) is 68.0 Å². The van der Waals surface area contributed by atoms with Gasteiger partial charge in [0.15, 0.2) is 0 Å². The number of carbonyl (C=O) groups is 1. The zero-order chi connectivity index (χ0) is 11.5. The van der Waals surface area contributed by atoms with Crippen LogP contribution in [0.25, 0.3) is 10.7 Å². The molecule has 1 N–H and O–H groups in total. The van der Waals surface area contributed by atoms with Crippen molar-refractivity contribution in [2.24, 2.45) is 0 Å². The van der Waals surface area contributed by atoms with Crippen molar-refractivity contribution in [1.29, 1.82) is 0 Å². The summed E-state index contributed by atoms with van der Waals surface area (Å²) in [6.07, 6.45) is 0. The van der Waals surface area contributed by atoms with Crippen LogP contribution < -0.4 is 5.32 Å². The van der Waals surface area contributed by atoms with Crippen molar-refractivity contribution < 1.29 is 9.32 Å². The second-order valence-electron chi connectivity index (χ2n) is 3.53. The summed E-state index contributed by atoms with van der Waals surface area (Å²) in [6.45, 7) is 3.74. The van der Waals surface area contributed by atoms with E-state index in [2.05, 4.69) is 15.5 Å². The van der Waals surface area contributed by atoms with E-state index in [1.165, 1.54) is 11.3 Å². The average molecular weight is 237 g/mol. The van der Waals surface area contributed by atoms with E-state index in [1.807, 2.05) is 31.4 Å². The predicted octanol–water partition coefficient (Wildman–Crippen LogP) is 1.94. The van der Waals surface area contributed by atoms with Gasteiger partial charge < -0.3 is 9.84 Å². The molecule has 0 aliphatic carbocycles. The Morgan fingerprint density at radius 1 is 1.56 bits per heavy atom. The third kappa shape index (κ3) is 2.27. The number of nitrogens with one attached hydrogen (secondary N) is 1. The summed E-state index contributed by atoms with van der Waals surface area (Å²) in [4.78, 5) is 16.4. The minimum Gasteiger partial charge on any atom is -0.346 e. The number of rotatable bonds is 3. The highest BCUT2D eigenvalue weighted by Crippen LogP contribution is 2.21. The standard InChI is InChI=1S/C10H11N3O2S/c1-6(2)11-9(14)10-12-8(13-15-10)7-4-3-5-16-7/h3-6H,1-2H3,(H,11,14). The molecule has 2 aromatic heterocycles. The first-order valence-corrected chi connectivity index (χ1v) is 5.73. The van der Waals surface area contributed by atoms with Crippen molar-refractivity contribution in [2.45, 2.75) is 19.9 Å². The number of hydrogen-bond donors (Lipinski definition) is 1. The average Bonchev–Trinajstić information content (AvgIpc) is 2.87. The molecule has 2 aromatic rings. The Hall–Kier alpha value is -1.69. The molecule has 0 aliphatic rings. The molecule has 5 nitrogen and oxygen atoms in total. The lowest BCUT2D eigenvalue weighted by Gasteiger charge is -2.03. The zero-order valence-electron chi connectivity index (χ0n) is 8.93. The maximum Gasteiger partial charge on any atom is 0.316 e. The van der Waals surface area contributed by atoms with Crippen molar-refractivity contribution in [2.75, 3.05) is 0 Å². The highest BCUT2D eigenvalue weighted by atomic mass is 32.1. The smallest absolute Gasteiger partial charge is 0.316 e. The van der Waals surface area contributed by atoms with E-state index < -0.39 is 0 Å². The minimum absolute atomic E-state index is 0.00269. The first-order chi connectivity index (χ1) is 7.66. The van der Waals surface area contributed by atoms with Crippen LogP contribution in [0.5, 0.6) is 0 Å². The van der Waals surface area contributed by atoms with Crippen LogP contribution in [-0.2, 0) is 0 Å². The van der Waals surface area contributed by atoms with Gasteiger partial charge in [0, 0.05) is 6.04 Å². The van der Waals surface area contributed by atoms with Crippen molar-refractivity contribution >= 4 is 17.2 Å². The largest absolute Gasteiger partial charge is 0.346 e. The van der Waals surface area contributed by atoms with Gasteiger partial charge in [0.05, 0.1) is 4.88 Å². The molecule has 0 unspecified atom stereocenters. The second kappa shape index (κ2) is 4.44. The molecule has 0 fully saturated rings. The van der Waals surface area contributed by atoms with Crippen molar-refractivity contribution in [1.82, 2.24) is 15.5 Å². The Morgan fingerprint density at radius 2 is 2.38 bits per heavy atom. The molecule has 0 aliphatic heterocycles. The first-order valence-electron chi connectivity index (χ1n) is 4.85. The van der Waals surface area contributed by atoms with Gasteiger partial charge in [0.1, 0.15) is 0 Å². The highest BCUT2D eigenvalue weighted by Gasteiger charge is 2.16. The summed E-state index contributed by atoms with van der Waals surface area (Å²) < 4.78 is 4.88. The summed E-state index contributed by atoms with van der Waals surface area (Å²) >= 11 is 1.50. The third-order valence-corrected chi connectivity index (χ3v) is 2.65. The highest BCUT2D eigenvalue weighted by molar-refractivity contribution is 7.13. The van der Waals surface area contributed by atoms with E-state index in [0.717, 1.165) is 4.88 Å². The van der Waals surface area contributed by atoms with Gasteiger partial charge in [0.25, 0.3) is 0 Å². The van der Waals surface area contributed by atoms with Crippen LogP contribution >= 0.6 is 11.3 Å². The number of amides is 1. The normalized spacial score (nSPS) is 10.7. The molecular formula is C10H11N3O2S. The molecule has 2 heterocycles. The van der Waals surface area contributed by atoms with Gasteiger partial charge in [-0.2, -0.15) is 4.98 Å². The van der Waals surface area contributed by atoms with Gasteiger partial charge >= 0.3 is 11.8 Å². The molecule has 0 saturated heterocycles. The molecule has 0 bridgehead atoms. The van der Waals surface area contributed by atoms with Gasteiger partial charge in [-0.25, -0.2) is 0 Å². The quantitative estimate of drug-likeness (QED) is 0.885. The number of aromatic nitrogens is 2. The Labute approximate surface area is 96.5 Å². The molecular weight excluding hydrogens is 226 g/mol. The molecule has 84 valence electrons. The molecule has 2 rings (SSSR count). The molecule has 0 aromatic carbocycles. The second-order valence-corrected chi connectivity index (χ2v) is 4.48. The van der Waals surface area contributed by atoms with Crippen molar-refractivity contribution in [3.8, 4) is 10.7 Å². The Bertz CT molecular complexity index is 476. The minimum atomic E-state index is -0.342. The third-order valence-electron chi connectivity index (χ3n) is 1.78. The van der Waals surface area contributed by atoms with E-state index in [0.29, 0.717) is 5.82 Å². The zero-order valence-corrected chi connectivity index (χ0v) is 9.75. The Morgan fingerprint density at radius 3 is 3.00 bits per heavy atom. The first kappa shape index (κ1) is 10.8. The maximum absolute atomic E-state index is 11.5.